The van der Waals surface area contributed by atoms with Crippen molar-refractivity contribution in [1.29, 1.82) is 0 Å². The first kappa shape index (κ1) is 77.0. The van der Waals surface area contributed by atoms with Crippen LogP contribution in [0, 0.1) is 50.2 Å². The van der Waals surface area contributed by atoms with Crippen LogP contribution >= 0.6 is 0 Å². The monoisotopic (exact) mass is 1420 g/mol. The normalized spacial score (nSPS) is 54.1. The van der Waals surface area contributed by atoms with E-state index in [4.69, 9.17) is 56.8 Å². The third kappa shape index (κ3) is 13.0. The van der Waals surface area contributed by atoms with Gasteiger partial charge in [0.15, 0.2) is 37.6 Å². The number of carbonyl (C=O) groups is 1. The van der Waals surface area contributed by atoms with Crippen LogP contribution in [-0.4, -0.2) is 350 Å². The fourth-order valence-corrected chi connectivity index (χ4v) is 19.0. The summed E-state index contributed by atoms with van der Waals surface area (Å²) < 4.78 is 70.0. The van der Waals surface area contributed by atoms with Gasteiger partial charge in [-0.1, -0.05) is 46.3 Å². The summed E-state index contributed by atoms with van der Waals surface area (Å²) in [5, 5.41) is 232. The lowest BCUT2D eigenvalue weighted by Crippen LogP contribution is -2.71. The molecular formula is C64H104O34. The molecule has 0 aromatic carbocycles. The molecule has 0 amide bonds. The highest BCUT2D eigenvalue weighted by Crippen LogP contribution is 2.76. The molecule has 34 heteroatoms. The highest BCUT2D eigenvalue weighted by molar-refractivity contribution is 5.80. The zero-order chi connectivity index (χ0) is 71.6. The molecule has 38 atom stereocenters. The minimum Gasteiger partial charge on any atom is -0.432 e. The smallest absolute Gasteiger partial charge is 0.317 e. The van der Waals surface area contributed by atoms with Crippen molar-refractivity contribution in [3.05, 3.63) is 11.6 Å². The molecule has 98 heavy (non-hydrogen) atoms. The van der Waals surface area contributed by atoms with Crippen molar-refractivity contribution in [2.75, 3.05) is 46.2 Å². The molecule has 6 aliphatic heterocycles. The SMILES string of the molecule is C[C@H]1O[C@H](O[C@@H]2[C@@H](OC(=O)[C@@]34CCC(C)(C)C[C@@H]3C3=CC[C@H]5[C@]6(C)C[C@@H](O)[C@@H](O[C@H]7O[C@@H](CO[C@H]8O[C@@H](CO[C@H]9O[C@@H](CO)[C@H](O)[C@@H](O)[C@@H]9O)[C@H](O)[C@@H](O)[C@@H]8O)[C@H](O)[C@@H](O)[C@@H]7O)C(CO)(CO)[C@H]6CC[C@]5(C)[C@@]3(C)C[C@@H]4O)OC[C@@H](O)[C@H]2O)[C@@H](O)[C@@H](O)[C@@H]1O[C@H]1OC[C@H](O)[C@@H](O)[C@@H]1O. The summed E-state index contributed by atoms with van der Waals surface area (Å²) in [6.07, 6.45) is -48.7. The number of aliphatic hydroxyl groups excluding tert-OH is 21. The van der Waals surface area contributed by atoms with E-state index >= 15 is 4.79 Å². The molecule has 0 aromatic rings. The first-order valence-corrected chi connectivity index (χ1v) is 34.0. The zero-order valence-corrected chi connectivity index (χ0v) is 55.5. The number of aliphatic hydroxyl groups is 21. The molecule has 10 fully saturated rings. The molecule has 6 heterocycles. The molecule has 11 aliphatic rings. The number of hydrogen-bond acceptors (Lipinski definition) is 34. The number of hydrogen-bond donors (Lipinski definition) is 21. The fourth-order valence-electron chi connectivity index (χ4n) is 19.0. The molecule has 0 unspecified atom stereocenters. The summed E-state index contributed by atoms with van der Waals surface area (Å²) in [5.41, 5.74) is -5.34. The molecule has 6 saturated heterocycles. The molecule has 11 rings (SSSR count). The van der Waals surface area contributed by atoms with Crippen LogP contribution in [0.2, 0.25) is 0 Å². The van der Waals surface area contributed by atoms with Crippen LogP contribution in [0.15, 0.2) is 11.6 Å². The van der Waals surface area contributed by atoms with E-state index in [1.54, 1.807) is 0 Å². The van der Waals surface area contributed by atoms with Crippen molar-refractivity contribution in [2.24, 2.45) is 50.2 Å². The van der Waals surface area contributed by atoms with Gasteiger partial charge in [-0.05, 0) is 97.7 Å². The Morgan fingerprint density at radius 2 is 1.01 bits per heavy atom. The molecule has 0 radical (unpaired) electrons. The lowest BCUT2D eigenvalue weighted by molar-refractivity contribution is -0.369. The van der Waals surface area contributed by atoms with Gasteiger partial charge in [0, 0.05) is 5.41 Å². The highest BCUT2D eigenvalue weighted by atomic mass is 16.8. The second-order valence-corrected chi connectivity index (χ2v) is 31.1. The van der Waals surface area contributed by atoms with E-state index in [0.29, 0.717) is 32.1 Å². The van der Waals surface area contributed by atoms with E-state index in [-0.39, 0.29) is 30.6 Å². The van der Waals surface area contributed by atoms with Crippen LogP contribution in [0.1, 0.15) is 92.9 Å². The quantitative estimate of drug-likeness (QED) is 0.0365. The fraction of sp³-hybridized carbons (Fsp3) is 0.953. The topological polar surface area (TPSA) is 553 Å². The molecule has 21 N–H and O–H groups in total. The van der Waals surface area contributed by atoms with Crippen LogP contribution < -0.4 is 0 Å². The predicted octanol–water partition coefficient (Wildman–Crippen LogP) is -8.19. The average Bonchev–Trinajstić information content (AvgIpc) is 0.669. The largest absolute Gasteiger partial charge is 0.432 e. The van der Waals surface area contributed by atoms with E-state index in [1.165, 1.54) is 6.92 Å². The summed E-state index contributed by atoms with van der Waals surface area (Å²) in [6.45, 7) is 7.00. The number of fused-ring (bicyclic) bond motifs is 7. The van der Waals surface area contributed by atoms with Gasteiger partial charge in [0.2, 0.25) is 6.29 Å². The first-order chi connectivity index (χ1) is 46.0. The van der Waals surface area contributed by atoms with E-state index in [9.17, 15) is 107 Å². The first-order valence-electron chi connectivity index (χ1n) is 34.0. The molecule has 0 bridgehead atoms. The number of carbonyl (C=O) groups excluding carboxylic acids is 1. The van der Waals surface area contributed by atoms with Crippen molar-refractivity contribution < 1.29 is 169 Å². The summed E-state index contributed by atoms with van der Waals surface area (Å²) in [6, 6.07) is 0. The zero-order valence-electron chi connectivity index (χ0n) is 55.5. The number of rotatable bonds is 17. The molecule has 4 saturated carbocycles. The Balaban J connectivity index is 0.788. The Hall–Kier alpha value is -2.07. The van der Waals surface area contributed by atoms with Crippen LogP contribution in [0.4, 0.5) is 0 Å². The predicted molar refractivity (Wildman–Crippen MR) is 320 cm³/mol. The molecule has 0 spiro atoms. The van der Waals surface area contributed by atoms with E-state index in [1.807, 2.05) is 6.92 Å². The number of esters is 1. The second-order valence-electron chi connectivity index (χ2n) is 31.1. The Bertz CT molecular complexity index is 2750. The van der Waals surface area contributed by atoms with Crippen molar-refractivity contribution in [3.8, 4) is 0 Å². The Labute approximate surface area is 564 Å². The van der Waals surface area contributed by atoms with Crippen molar-refractivity contribution in [2.45, 2.75) is 283 Å². The third-order valence-electron chi connectivity index (χ3n) is 25.0. The van der Waals surface area contributed by atoms with Crippen LogP contribution in [0.5, 0.6) is 0 Å². The van der Waals surface area contributed by atoms with Gasteiger partial charge in [0.1, 0.15) is 127 Å². The summed E-state index contributed by atoms with van der Waals surface area (Å²) >= 11 is 0. The van der Waals surface area contributed by atoms with E-state index in [0.717, 1.165) is 5.57 Å². The van der Waals surface area contributed by atoms with E-state index in [2.05, 4.69) is 33.8 Å². The highest BCUT2D eigenvalue weighted by Gasteiger charge is 2.74. The lowest BCUT2D eigenvalue weighted by Gasteiger charge is -2.72. The van der Waals surface area contributed by atoms with Crippen LogP contribution in [0.3, 0.4) is 0 Å². The number of allylic oxidation sites excluding steroid dienone is 2. The second kappa shape index (κ2) is 29.0. The number of ether oxygens (including phenoxy) is 12. The van der Waals surface area contributed by atoms with Crippen molar-refractivity contribution in [1.82, 2.24) is 0 Å². The maximum Gasteiger partial charge on any atom is 0.317 e. The van der Waals surface area contributed by atoms with Crippen molar-refractivity contribution >= 4 is 5.97 Å². The van der Waals surface area contributed by atoms with Crippen molar-refractivity contribution in [3.63, 3.8) is 0 Å². The average molecular weight is 1420 g/mol. The third-order valence-corrected chi connectivity index (χ3v) is 25.0. The standard InChI is InChI=1S/C64H104O34/c1-23-49(95-54-44(81)35(72)27(69)17-87-54)43(80)48(85)55(91-23)96-50-36(73)28(70)18-88-57(50)98-58(86)64-12-11-59(2,3)13-25(64)24-7-8-32-60(4)14-26(68)51(63(21-66,22-67)33(60)9-10-61(32,5)62(24,6)15-34(64)71)97-56-47(84)42(79)39(76)31(94-56)20-90-53-46(83)41(78)38(75)30(93-53)19-89-52-45(82)40(77)37(74)29(16-65)92-52/h7,23,25-57,65-85H,8-22H2,1-6H3/t23-,25-,26-,27+,28-,29+,30+,31+,32+,33+,34+,35-,36-,37+,38+,39+,40-,41-,42-,43-,44+,45+,46+,47+,48+,49-,50+,51-,52+,53+,54-,55-,56-,57-,60+,61+,62+,64+/m1/s1. The Morgan fingerprint density at radius 1 is 0.500 bits per heavy atom. The maximum absolute atomic E-state index is 15.5. The van der Waals surface area contributed by atoms with Gasteiger partial charge in [-0.15, -0.1) is 0 Å². The summed E-state index contributed by atoms with van der Waals surface area (Å²) in [5.74, 6) is -2.54. The molecule has 34 nitrogen and oxygen atoms in total. The Kier molecular flexibility index (Phi) is 22.8. The minimum absolute atomic E-state index is 0.0115. The lowest BCUT2D eigenvalue weighted by atomic mass is 9.33. The van der Waals surface area contributed by atoms with Gasteiger partial charge >= 0.3 is 5.97 Å². The summed E-state index contributed by atoms with van der Waals surface area (Å²) in [7, 11) is 0. The molecular weight excluding hydrogens is 1310 g/mol. The van der Waals surface area contributed by atoms with Gasteiger partial charge < -0.3 is 164 Å². The molecule has 5 aliphatic carbocycles. The molecule has 564 valence electrons. The van der Waals surface area contributed by atoms with Gasteiger partial charge in [-0.25, -0.2) is 0 Å². The van der Waals surface area contributed by atoms with Crippen LogP contribution in [0.25, 0.3) is 0 Å². The minimum atomic E-state index is -2.02. The maximum atomic E-state index is 15.5. The van der Waals surface area contributed by atoms with Gasteiger partial charge in [0.05, 0.1) is 70.7 Å². The van der Waals surface area contributed by atoms with Gasteiger partial charge in [-0.3, -0.25) is 4.79 Å². The summed E-state index contributed by atoms with van der Waals surface area (Å²) in [4.78, 5) is 15.5. The van der Waals surface area contributed by atoms with Crippen LogP contribution in [-0.2, 0) is 61.6 Å². The van der Waals surface area contributed by atoms with E-state index < -0.39 is 281 Å². The van der Waals surface area contributed by atoms with Gasteiger partial charge in [0.25, 0.3) is 0 Å². The Morgan fingerprint density at radius 3 is 1.60 bits per heavy atom. The molecule has 0 aromatic heterocycles. The van der Waals surface area contributed by atoms with Gasteiger partial charge in [-0.2, -0.15) is 0 Å².